The first kappa shape index (κ1) is 18.4. The topological polar surface area (TPSA) is 68.8 Å². The molecule has 1 saturated carbocycles. The largest absolute Gasteiger partial charge is 0.497 e. The van der Waals surface area contributed by atoms with Gasteiger partial charge in [-0.05, 0) is 37.3 Å². The number of carbonyl (C=O) groups is 1. The summed E-state index contributed by atoms with van der Waals surface area (Å²) in [6.07, 6.45) is 2.45. The smallest absolute Gasteiger partial charge is 0.319 e. The molecule has 0 spiro atoms. The number of benzene rings is 1. The maximum absolute atomic E-state index is 12.2. The van der Waals surface area contributed by atoms with Crippen LogP contribution in [0.3, 0.4) is 0 Å². The van der Waals surface area contributed by atoms with E-state index >= 15 is 0 Å². The summed E-state index contributed by atoms with van der Waals surface area (Å²) >= 11 is 0. The molecule has 1 fully saturated rings. The summed E-state index contributed by atoms with van der Waals surface area (Å²) in [5.74, 6) is 2.52. The lowest BCUT2D eigenvalue weighted by molar-refractivity contribution is 0.0453. The van der Waals surface area contributed by atoms with Gasteiger partial charge in [-0.1, -0.05) is 13.3 Å². The first-order valence-corrected chi connectivity index (χ1v) is 8.51. The Hall–Kier alpha value is -1.95. The number of methoxy groups -OCH3 is 2. The van der Waals surface area contributed by atoms with Crippen molar-refractivity contribution in [2.75, 3.05) is 32.7 Å². The minimum Gasteiger partial charge on any atom is -0.497 e. The highest BCUT2D eigenvalue weighted by Crippen LogP contribution is 2.44. The highest BCUT2D eigenvalue weighted by molar-refractivity contribution is 5.91. The van der Waals surface area contributed by atoms with Crippen molar-refractivity contribution in [3.8, 4) is 11.5 Å². The van der Waals surface area contributed by atoms with E-state index in [9.17, 15) is 4.79 Å². The number of hydrogen-bond acceptors (Lipinski definition) is 4. The minimum atomic E-state index is -0.267. The van der Waals surface area contributed by atoms with Crippen LogP contribution in [-0.2, 0) is 4.74 Å². The van der Waals surface area contributed by atoms with Crippen molar-refractivity contribution in [1.82, 2.24) is 5.32 Å². The van der Waals surface area contributed by atoms with E-state index in [1.54, 1.807) is 32.4 Å². The zero-order valence-electron chi connectivity index (χ0n) is 14.9. The summed E-state index contributed by atoms with van der Waals surface area (Å²) in [5.41, 5.74) is 0.599. The third-order valence-corrected chi connectivity index (χ3v) is 4.48. The van der Waals surface area contributed by atoms with Crippen LogP contribution in [0.1, 0.15) is 26.7 Å². The number of ether oxygens (including phenoxy) is 3. The maximum atomic E-state index is 12.2. The van der Waals surface area contributed by atoms with Crippen LogP contribution in [0, 0.1) is 11.8 Å². The van der Waals surface area contributed by atoms with Crippen molar-refractivity contribution in [3.63, 3.8) is 0 Å². The number of amides is 2. The van der Waals surface area contributed by atoms with Crippen molar-refractivity contribution in [2.24, 2.45) is 11.8 Å². The summed E-state index contributed by atoms with van der Waals surface area (Å²) in [4.78, 5) is 12.2. The molecule has 0 aliphatic heterocycles. The molecule has 1 aromatic rings. The zero-order valence-corrected chi connectivity index (χ0v) is 14.9. The zero-order chi connectivity index (χ0) is 17.5. The molecular weight excluding hydrogens is 308 g/mol. The number of nitrogens with one attached hydrogen (secondary N) is 2. The fraction of sp³-hybridized carbons (Fsp3) is 0.611. The van der Waals surface area contributed by atoms with Gasteiger partial charge in [-0.25, -0.2) is 4.79 Å². The second kappa shape index (κ2) is 8.78. The Labute approximate surface area is 143 Å². The summed E-state index contributed by atoms with van der Waals surface area (Å²) in [7, 11) is 3.14. The number of carbonyl (C=O) groups excluding carboxylic acids is 1. The molecule has 2 amide bonds. The third kappa shape index (κ3) is 4.77. The fourth-order valence-electron chi connectivity index (χ4n) is 3.01. The van der Waals surface area contributed by atoms with Gasteiger partial charge in [0.15, 0.2) is 0 Å². The Morgan fingerprint density at radius 3 is 2.67 bits per heavy atom. The van der Waals surface area contributed by atoms with Gasteiger partial charge < -0.3 is 24.8 Å². The molecule has 6 nitrogen and oxygen atoms in total. The van der Waals surface area contributed by atoms with E-state index in [1.165, 1.54) is 12.8 Å². The Balaban J connectivity index is 1.88. The van der Waals surface area contributed by atoms with Crippen LogP contribution in [0.15, 0.2) is 18.2 Å². The molecule has 0 heterocycles. The van der Waals surface area contributed by atoms with Crippen LogP contribution >= 0.6 is 0 Å². The molecule has 0 aromatic heterocycles. The SMILES string of the molecule is CCOC(CNC(=O)Nc1ccc(OC)cc1OC)C1CC1CC. The minimum absolute atomic E-state index is 0.0865. The van der Waals surface area contributed by atoms with Crippen LogP contribution in [0.2, 0.25) is 0 Å². The Bertz CT molecular complexity index is 550. The molecule has 1 aromatic carbocycles. The van der Waals surface area contributed by atoms with E-state index < -0.39 is 0 Å². The van der Waals surface area contributed by atoms with Crippen molar-refractivity contribution in [1.29, 1.82) is 0 Å². The van der Waals surface area contributed by atoms with Crippen LogP contribution in [-0.4, -0.2) is 39.5 Å². The lowest BCUT2D eigenvalue weighted by Crippen LogP contribution is -2.37. The van der Waals surface area contributed by atoms with Crippen LogP contribution in [0.4, 0.5) is 10.5 Å². The standard InChI is InChI=1S/C18H28N2O4/c1-5-12-9-14(12)17(24-6-2)11-19-18(21)20-15-8-7-13(22-3)10-16(15)23-4/h7-8,10,12,14,17H,5-6,9,11H2,1-4H3,(H2,19,20,21). The molecule has 2 rings (SSSR count). The van der Waals surface area contributed by atoms with Gasteiger partial charge in [0.05, 0.1) is 26.0 Å². The van der Waals surface area contributed by atoms with Crippen molar-refractivity contribution in [2.45, 2.75) is 32.8 Å². The number of anilines is 1. The molecule has 2 N–H and O–H groups in total. The van der Waals surface area contributed by atoms with E-state index in [2.05, 4.69) is 17.6 Å². The predicted molar refractivity (Wildman–Crippen MR) is 93.9 cm³/mol. The van der Waals surface area contributed by atoms with Crippen LogP contribution in [0.25, 0.3) is 0 Å². The van der Waals surface area contributed by atoms with E-state index in [1.807, 2.05) is 6.92 Å². The Morgan fingerprint density at radius 1 is 1.29 bits per heavy atom. The first-order valence-electron chi connectivity index (χ1n) is 8.51. The summed E-state index contributed by atoms with van der Waals surface area (Å²) in [6, 6.07) is 4.99. The molecule has 1 aliphatic carbocycles. The van der Waals surface area contributed by atoms with Gasteiger partial charge >= 0.3 is 6.03 Å². The van der Waals surface area contributed by atoms with Crippen molar-refractivity contribution in [3.05, 3.63) is 18.2 Å². The average molecular weight is 336 g/mol. The van der Waals surface area contributed by atoms with E-state index in [-0.39, 0.29) is 12.1 Å². The third-order valence-electron chi connectivity index (χ3n) is 4.48. The molecular formula is C18H28N2O4. The molecule has 3 atom stereocenters. The first-order chi connectivity index (χ1) is 11.6. The highest BCUT2D eigenvalue weighted by atomic mass is 16.5. The second-order valence-electron chi connectivity index (χ2n) is 5.96. The van der Waals surface area contributed by atoms with Crippen LogP contribution in [0.5, 0.6) is 11.5 Å². The Kier molecular flexibility index (Phi) is 6.73. The van der Waals surface area contributed by atoms with Gasteiger partial charge in [-0.3, -0.25) is 0 Å². The molecule has 0 saturated heterocycles. The van der Waals surface area contributed by atoms with Crippen molar-refractivity contribution < 1.29 is 19.0 Å². The maximum Gasteiger partial charge on any atom is 0.319 e. The van der Waals surface area contributed by atoms with Gasteiger partial charge in [-0.2, -0.15) is 0 Å². The number of rotatable bonds is 9. The molecule has 0 bridgehead atoms. The molecule has 0 radical (unpaired) electrons. The van der Waals surface area contributed by atoms with E-state index in [4.69, 9.17) is 14.2 Å². The number of hydrogen-bond donors (Lipinski definition) is 2. The van der Waals surface area contributed by atoms with Gasteiger partial charge in [0.1, 0.15) is 11.5 Å². The monoisotopic (exact) mass is 336 g/mol. The van der Waals surface area contributed by atoms with E-state index in [0.29, 0.717) is 36.3 Å². The van der Waals surface area contributed by atoms with Crippen LogP contribution < -0.4 is 20.1 Å². The molecule has 134 valence electrons. The fourth-order valence-corrected chi connectivity index (χ4v) is 3.01. The van der Waals surface area contributed by atoms with Gasteiger partial charge in [0.2, 0.25) is 0 Å². The molecule has 6 heteroatoms. The molecule has 24 heavy (non-hydrogen) atoms. The Morgan fingerprint density at radius 2 is 2.08 bits per heavy atom. The van der Waals surface area contributed by atoms with Crippen molar-refractivity contribution >= 4 is 11.7 Å². The average Bonchev–Trinajstić information content (AvgIpc) is 3.38. The molecule has 1 aliphatic rings. The predicted octanol–water partition coefficient (Wildman–Crippen LogP) is 3.28. The lowest BCUT2D eigenvalue weighted by atomic mass is 10.1. The summed E-state index contributed by atoms with van der Waals surface area (Å²) in [6.45, 7) is 5.36. The summed E-state index contributed by atoms with van der Waals surface area (Å²) in [5, 5.41) is 5.71. The molecule has 3 unspecified atom stereocenters. The van der Waals surface area contributed by atoms with Gasteiger partial charge in [-0.15, -0.1) is 0 Å². The van der Waals surface area contributed by atoms with E-state index in [0.717, 1.165) is 5.92 Å². The lowest BCUT2D eigenvalue weighted by Gasteiger charge is -2.18. The quantitative estimate of drug-likeness (QED) is 0.726. The highest BCUT2D eigenvalue weighted by Gasteiger charge is 2.42. The number of urea groups is 1. The van der Waals surface area contributed by atoms with Gasteiger partial charge in [0, 0.05) is 19.2 Å². The second-order valence-corrected chi connectivity index (χ2v) is 5.96. The van der Waals surface area contributed by atoms with Gasteiger partial charge in [0.25, 0.3) is 0 Å². The normalized spacial score (nSPS) is 20.2. The summed E-state index contributed by atoms with van der Waals surface area (Å²) < 4.78 is 16.2.